The standard InChI is InChI=1S/C16H27F2N3/c1-4-7-9-12(8-5-2)20-16-14(18)11-13(17)15(21-16)19-10-6-3/h11-12H,4-10H2,1-3H3,(H2,19,20,21). The van der Waals surface area contributed by atoms with E-state index in [0.717, 1.165) is 44.6 Å². The summed E-state index contributed by atoms with van der Waals surface area (Å²) in [5.74, 6) is -1.02. The van der Waals surface area contributed by atoms with E-state index in [0.29, 0.717) is 6.54 Å². The van der Waals surface area contributed by atoms with Crippen molar-refractivity contribution >= 4 is 11.6 Å². The van der Waals surface area contributed by atoms with Crippen LogP contribution in [0.15, 0.2) is 6.07 Å². The second-order valence-electron chi connectivity index (χ2n) is 5.35. The molecule has 120 valence electrons. The lowest BCUT2D eigenvalue weighted by atomic mass is 10.1. The van der Waals surface area contributed by atoms with Gasteiger partial charge >= 0.3 is 0 Å². The normalized spacial score (nSPS) is 12.2. The lowest BCUT2D eigenvalue weighted by Crippen LogP contribution is -2.21. The van der Waals surface area contributed by atoms with Crippen LogP contribution in [0.1, 0.15) is 59.3 Å². The van der Waals surface area contributed by atoms with Gasteiger partial charge in [-0.2, -0.15) is 0 Å². The van der Waals surface area contributed by atoms with Gasteiger partial charge in [0.25, 0.3) is 0 Å². The van der Waals surface area contributed by atoms with E-state index < -0.39 is 11.6 Å². The average Bonchev–Trinajstić information content (AvgIpc) is 2.46. The predicted octanol–water partition coefficient (Wildman–Crippen LogP) is 4.95. The van der Waals surface area contributed by atoms with E-state index in [9.17, 15) is 8.78 Å². The Balaban J connectivity index is 2.83. The van der Waals surface area contributed by atoms with Gasteiger partial charge in [-0.15, -0.1) is 0 Å². The number of anilines is 2. The fourth-order valence-corrected chi connectivity index (χ4v) is 2.22. The molecule has 0 aliphatic rings. The first-order chi connectivity index (χ1) is 10.1. The molecule has 5 heteroatoms. The minimum Gasteiger partial charge on any atom is -0.368 e. The van der Waals surface area contributed by atoms with Crippen molar-refractivity contribution in [3.63, 3.8) is 0 Å². The number of aromatic nitrogens is 1. The van der Waals surface area contributed by atoms with Gasteiger partial charge in [0.1, 0.15) is 0 Å². The van der Waals surface area contributed by atoms with Gasteiger partial charge in [-0.1, -0.05) is 40.0 Å². The van der Waals surface area contributed by atoms with Crippen LogP contribution in [0.4, 0.5) is 20.4 Å². The molecule has 0 aromatic carbocycles. The summed E-state index contributed by atoms with van der Waals surface area (Å²) in [6.07, 6.45) is 5.99. The van der Waals surface area contributed by atoms with Crippen LogP contribution in [0.5, 0.6) is 0 Å². The Morgan fingerprint density at radius 1 is 1.00 bits per heavy atom. The van der Waals surface area contributed by atoms with Crippen LogP contribution in [0.2, 0.25) is 0 Å². The zero-order valence-corrected chi connectivity index (χ0v) is 13.3. The monoisotopic (exact) mass is 299 g/mol. The number of nitrogens with one attached hydrogen (secondary N) is 2. The number of hydrogen-bond acceptors (Lipinski definition) is 3. The van der Waals surface area contributed by atoms with Crippen LogP contribution < -0.4 is 10.6 Å². The Labute approximate surface area is 126 Å². The highest BCUT2D eigenvalue weighted by atomic mass is 19.1. The Bertz CT molecular complexity index is 424. The van der Waals surface area contributed by atoms with Gasteiger partial charge in [-0.25, -0.2) is 13.8 Å². The van der Waals surface area contributed by atoms with E-state index in [4.69, 9.17) is 0 Å². The third kappa shape index (κ3) is 5.86. The van der Waals surface area contributed by atoms with Gasteiger partial charge < -0.3 is 10.6 Å². The fraction of sp³-hybridized carbons (Fsp3) is 0.688. The molecule has 0 fully saturated rings. The minimum absolute atomic E-state index is 0.117. The topological polar surface area (TPSA) is 37.0 Å². The SMILES string of the molecule is CCCCC(CCC)Nc1nc(NCCC)c(F)cc1F. The molecule has 0 bridgehead atoms. The van der Waals surface area contributed by atoms with Crippen molar-refractivity contribution in [2.24, 2.45) is 0 Å². The van der Waals surface area contributed by atoms with E-state index >= 15 is 0 Å². The van der Waals surface area contributed by atoms with Crippen molar-refractivity contribution in [1.29, 1.82) is 0 Å². The highest BCUT2D eigenvalue weighted by molar-refractivity contribution is 5.48. The summed E-state index contributed by atoms with van der Waals surface area (Å²) in [7, 11) is 0. The quantitative estimate of drug-likeness (QED) is 0.641. The molecule has 1 atom stereocenters. The molecule has 21 heavy (non-hydrogen) atoms. The summed E-state index contributed by atoms with van der Waals surface area (Å²) < 4.78 is 27.5. The molecular weight excluding hydrogens is 272 g/mol. The summed E-state index contributed by atoms with van der Waals surface area (Å²) in [6, 6.07) is 1.08. The molecule has 1 aromatic rings. The van der Waals surface area contributed by atoms with Crippen molar-refractivity contribution in [2.75, 3.05) is 17.2 Å². The number of nitrogens with zero attached hydrogens (tertiary/aromatic N) is 1. The van der Waals surface area contributed by atoms with Crippen molar-refractivity contribution in [3.05, 3.63) is 17.7 Å². The third-order valence-electron chi connectivity index (χ3n) is 3.36. The predicted molar refractivity (Wildman–Crippen MR) is 84.8 cm³/mol. The van der Waals surface area contributed by atoms with Crippen LogP contribution in [0, 0.1) is 11.6 Å². The number of hydrogen-bond donors (Lipinski definition) is 2. The summed E-state index contributed by atoms with van der Waals surface area (Å²) >= 11 is 0. The fourth-order valence-electron chi connectivity index (χ4n) is 2.22. The molecule has 1 heterocycles. The van der Waals surface area contributed by atoms with Crippen molar-refractivity contribution < 1.29 is 8.78 Å². The van der Waals surface area contributed by atoms with E-state index in [1.54, 1.807) is 0 Å². The number of pyridine rings is 1. The van der Waals surface area contributed by atoms with Crippen LogP contribution in [0.25, 0.3) is 0 Å². The van der Waals surface area contributed by atoms with Gasteiger partial charge in [-0.3, -0.25) is 0 Å². The van der Waals surface area contributed by atoms with E-state index in [1.165, 1.54) is 0 Å². The summed E-state index contributed by atoms with van der Waals surface area (Å²) in [5.41, 5.74) is 0. The lowest BCUT2D eigenvalue weighted by molar-refractivity contribution is 0.546. The largest absolute Gasteiger partial charge is 0.368 e. The number of halogens is 2. The van der Waals surface area contributed by atoms with Crippen LogP contribution in [-0.4, -0.2) is 17.6 Å². The van der Waals surface area contributed by atoms with E-state index in [2.05, 4.69) is 29.5 Å². The van der Waals surface area contributed by atoms with Crippen LogP contribution in [-0.2, 0) is 0 Å². The summed E-state index contributed by atoms with van der Waals surface area (Å²) in [4.78, 5) is 4.07. The molecule has 0 spiro atoms. The first kappa shape index (κ1) is 17.7. The second-order valence-corrected chi connectivity index (χ2v) is 5.35. The maximum Gasteiger partial charge on any atom is 0.168 e. The first-order valence-corrected chi connectivity index (χ1v) is 7.98. The number of unbranched alkanes of at least 4 members (excludes halogenated alkanes) is 1. The molecule has 1 unspecified atom stereocenters. The summed E-state index contributed by atoms with van der Waals surface area (Å²) in [5, 5.41) is 6.02. The summed E-state index contributed by atoms with van der Waals surface area (Å²) in [6.45, 7) is 6.83. The molecule has 0 radical (unpaired) electrons. The Kier molecular flexibility index (Phi) is 8.01. The van der Waals surface area contributed by atoms with Gasteiger partial charge in [0.2, 0.25) is 0 Å². The Hall–Kier alpha value is -1.39. The lowest BCUT2D eigenvalue weighted by Gasteiger charge is -2.19. The van der Waals surface area contributed by atoms with Crippen molar-refractivity contribution in [2.45, 2.75) is 65.3 Å². The molecule has 3 nitrogen and oxygen atoms in total. The Morgan fingerprint density at radius 3 is 2.33 bits per heavy atom. The molecule has 1 rings (SSSR count). The van der Waals surface area contributed by atoms with E-state index in [1.807, 2.05) is 6.92 Å². The van der Waals surface area contributed by atoms with Crippen LogP contribution >= 0.6 is 0 Å². The first-order valence-electron chi connectivity index (χ1n) is 7.98. The van der Waals surface area contributed by atoms with Gasteiger partial charge in [0.15, 0.2) is 23.3 Å². The molecular formula is C16H27F2N3. The Morgan fingerprint density at radius 2 is 1.71 bits per heavy atom. The third-order valence-corrected chi connectivity index (χ3v) is 3.36. The maximum atomic E-state index is 13.9. The molecule has 2 N–H and O–H groups in total. The zero-order chi connectivity index (χ0) is 15.7. The second kappa shape index (κ2) is 9.53. The number of rotatable bonds is 10. The maximum absolute atomic E-state index is 13.9. The zero-order valence-electron chi connectivity index (χ0n) is 13.3. The molecule has 1 aromatic heterocycles. The average molecular weight is 299 g/mol. The minimum atomic E-state index is -0.646. The highest BCUT2D eigenvalue weighted by Crippen LogP contribution is 2.21. The van der Waals surface area contributed by atoms with E-state index in [-0.39, 0.29) is 17.7 Å². The van der Waals surface area contributed by atoms with Gasteiger partial charge in [-0.05, 0) is 19.3 Å². The molecule has 0 amide bonds. The van der Waals surface area contributed by atoms with Crippen LogP contribution in [0.3, 0.4) is 0 Å². The molecule has 0 saturated heterocycles. The van der Waals surface area contributed by atoms with Crippen molar-refractivity contribution in [1.82, 2.24) is 4.98 Å². The van der Waals surface area contributed by atoms with Crippen molar-refractivity contribution in [3.8, 4) is 0 Å². The molecule has 0 aliphatic carbocycles. The van der Waals surface area contributed by atoms with Gasteiger partial charge in [0.05, 0.1) is 0 Å². The highest BCUT2D eigenvalue weighted by Gasteiger charge is 2.15. The smallest absolute Gasteiger partial charge is 0.168 e. The molecule has 0 aliphatic heterocycles. The van der Waals surface area contributed by atoms with Gasteiger partial charge in [0, 0.05) is 18.7 Å². The molecule has 0 saturated carbocycles.